The van der Waals surface area contributed by atoms with E-state index in [1.807, 2.05) is 0 Å². The summed E-state index contributed by atoms with van der Waals surface area (Å²) in [7, 11) is 0. The monoisotopic (exact) mass is 203 g/mol. The normalized spacial score (nSPS) is 22.1. The van der Waals surface area contributed by atoms with Crippen LogP contribution in [0.15, 0.2) is 30.3 Å². The van der Waals surface area contributed by atoms with Gasteiger partial charge in [-0.15, -0.1) is 0 Å². The SMILES string of the molecule is CC(N)(Cc1ccccc1)CC1(C)CC1. The molecule has 1 saturated carbocycles. The Hall–Kier alpha value is -0.820. The molecule has 1 fully saturated rings. The Balaban J connectivity index is 1.98. The van der Waals surface area contributed by atoms with Crippen LogP contribution in [0.3, 0.4) is 0 Å². The van der Waals surface area contributed by atoms with Gasteiger partial charge in [0.15, 0.2) is 0 Å². The maximum Gasteiger partial charge on any atom is 0.0171 e. The second-order valence-electron chi connectivity index (χ2n) is 5.80. The van der Waals surface area contributed by atoms with E-state index < -0.39 is 0 Å². The number of benzene rings is 1. The Bertz CT molecular complexity index is 322. The predicted molar refractivity (Wildman–Crippen MR) is 64.7 cm³/mol. The second kappa shape index (κ2) is 3.64. The third-order valence-corrected chi connectivity index (χ3v) is 3.38. The van der Waals surface area contributed by atoms with E-state index in [1.54, 1.807) is 0 Å². The zero-order valence-corrected chi connectivity index (χ0v) is 9.79. The van der Waals surface area contributed by atoms with Crippen LogP contribution in [0.4, 0.5) is 0 Å². The van der Waals surface area contributed by atoms with Crippen LogP contribution in [-0.2, 0) is 6.42 Å². The van der Waals surface area contributed by atoms with Crippen molar-refractivity contribution in [1.82, 2.24) is 0 Å². The summed E-state index contributed by atoms with van der Waals surface area (Å²) < 4.78 is 0. The van der Waals surface area contributed by atoms with Gasteiger partial charge in [0.25, 0.3) is 0 Å². The van der Waals surface area contributed by atoms with Gasteiger partial charge in [-0.2, -0.15) is 0 Å². The molecule has 0 radical (unpaired) electrons. The van der Waals surface area contributed by atoms with Crippen molar-refractivity contribution in [2.45, 2.75) is 45.1 Å². The third kappa shape index (κ3) is 3.07. The van der Waals surface area contributed by atoms with E-state index in [1.165, 1.54) is 18.4 Å². The first-order chi connectivity index (χ1) is 6.99. The zero-order chi connectivity index (χ0) is 10.9. The Morgan fingerprint density at radius 3 is 2.40 bits per heavy atom. The fourth-order valence-electron chi connectivity index (χ4n) is 2.49. The largest absolute Gasteiger partial charge is 0.325 e. The van der Waals surface area contributed by atoms with Gasteiger partial charge in [0.05, 0.1) is 0 Å². The van der Waals surface area contributed by atoms with Crippen molar-refractivity contribution in [3.8, 4) is 0 Å². The lowest BCUT2D eigenvalue weighted by atomic mass is 9.84. The molecule has 1 atom stereocenters. The molecule has 1 nitrogen and oxygen atoms in total. The van der Waals surface area contributed by atoms with Crippen molar-refractivity contribution < 1.29 is 0 Å². The summed E-state index contributed by atoms with van der Waals surface area (Å²) >= 11 is 0. The van der Waals surface area contributed by atoms with Gasteiger partial charge in [-0.25, -0.2) is 0 Å². The highest BCUT2D eigenvalue weighted by molar-refractivity contribution is 5.18. The molecule has 1 aromatic carbocycles. The van der Waals surface area contributed by atoms with E-state index >= 15 is 0 Å². The Morgan fingerprint density at radius 1 is 1.27 bits per heavy atom. The fraction of sp³-hybridized carbons (Fsp3) is 0.571. The first-order valence-electron chi connectivity index (χ1n) is 5.82. The summed E-state index contributed by atoms with van der Waals surface area (Å²) in [5, 5.41) is 0. The van der Waals surface area contributed by atoms with Crippen LogP contribution in [-0.4, -0.2) is 5.54 Å². The van der Waals surface area contributed by atoms with Gasteiger partial charge in [-0.1, -0.05) is 37.3 Å². The number of rotatable bonds is 4. The van der Waals surface area contributed by atoms with Gasteiger partial charge in [-0.3, -0.25) is 0 Å². The lowest BCUT2D eigenvalue weighted by molar-refractivity contribution is 0.337. The fourth-order valence-corrected chi connectivity index (χ4v) is 2.49. The summed E-state index contributed by atoms with van der Waals surface area (Å²) in [5.41, 5.74) is 8.22. The summed E-state index contributed by atoms with van der Waals surface area (Å²) in [6, 6.07) is 10.6. The molecule has 0 spiro atoms. The summed E-state index contributed by atoms with van der Waals surface area (Å²) in [6.45, 7) is 4.53. The topological polar surface area (TPSA) is 26.0 Å². The molecule has 1 aromatic rings. The quantitative estimate of drug-likeness (QED) is 0.799. The maximum absolute atomic E-state index is 6.37. The molecule has 1 aliphatic rings. The van der Waals surface area contributed by atoms with E-state index in [0.717, 1.165) is 12.8 Å². The molecule has 1 heteroatoms. The number of nitrogens with two attached hydrogens (primary N) is 1. The average Bonchev–Trinajstić information content (AvgIpc) is 2.82. The van der Waals surface area contributed by atoms with Gasteiger partial charge < -0.3 is 5.73 Å². The van der Waals surface area contributed by atoms with E-state index in [0.29, 0.717) is 5.41 Å². The molecule has 15 heavy (non-hydrogen) atoms. The first kappa shape index (κ1) is 10.7. The van der Waals surface area contributed by atoms with Crippen molar-refractivity contribution in [1.29, 1.82) is 0 Å². The predicted octanol–water partition coefficient (Wildman–Crippen LogP) is 3.14. The van der Waals surface area contributed by atoms with Crippen molar-refractivity contribution in [2.24, 2.45) is 11.1 Å². The number of hydrogen-bond acceptors (Lipinski definition) is 1. The molecule has 1 aliphatic carbocycles. The smallest absolute Gasteiger partial charge is 0.0171 e. The molecule has 2 N–H and O–H groups in total. The summed E-state index contributed by atoms with van der Waals surface area (Å²) in [5.74, 6) is 0. The highest BCUT2D eigenvalue weighted by Crippen LogP contribution is 2.50. The van der Waals surface area contributed by atoms with Gasteiger partial charge in [0, 0.05) is 5.54 Å². The molecule has 0 heterocycles. The molecule has 0 aromatic heterocycles. The van der Waals surface area contributed by atoms with Gasteiger partial charge in [0.2, 0.25) is 0 Å². The minimum absolute atomic E-state index is 0.0490. The molecule has 0 amide bonds. The van der Waals surface area contributed by atoms with E-state index in [-0.39, 0.29) is 5.54 Å². The van der Waals surface area contributed by atoms with Crippen LogP contribution in [0.1, 0.15) is 38.7 Å². The van der Waals surface area contributed by atoms with Gasteiger partial charge >= 0.3 is 0 Å². The highest BCUT2D eigenvalue weighted by atomic mass is 14.7. The number of hydrogen-bond donors (Lipinski definition) is 1. The molecule has 0 bridgehead atoms. The van der Waals surface area contributed by atoms with E-state index in [9.17, 15) is 0 Å². The van der Waals surface area contributed by atoms with Crippen molar-refractivity contribution in [2.75, 3.05) is 0 Å². The van der Waals surface area contributed by atoms with Gasteiger partial charge in [0.1, 0.15) is 0 Å². The van der Waals surface area contributed by atoms with E-state index in [4.69, 9.17) is 5.73 Å². The zero-order valence-electron chi connectivity index (χ0n) is 9.79. The second-order valence-corrected chi connectivity index (χ2v) is 5.80. The minimum Gasteiger partial charge on any atom is -0.325 e. The standard InChI is InChI=1S/C14H21N/c1-13(8-9-13)11-14(2,15)10-12-6-4-3-5-7-12/h3-7H,8-11,15H2,1-2H3. The highest BCUT2D eigenvalue weighted by Gasteiger charge is 2.41. The van der Waals surface area contributed by atoms with Crippen LogP contribution in [0.5, 0.6) is 0 Å². The Kier molecular flexibility index (Phi) is 2.59. The summed E-state index contributed by atoms with van der Waals surface area (Å²) in [6.07, 6.45) is 4.85. The van der Waals surface area contributed by atoms with Crippen LogP contribution in [0, 0.1) is 5.41 Å². The lowest BCUT2D eigenvalue weighted by Crippen LogP contribution is -2.40. The first-order valence-corrected chi connectivity index (χ1v) is 5.82. The molecule has 82 valence electrons. The molecule has 2 rings (SSSR count). The molecule has 1 unspecified atom stereocenters. The molecule has 0 saturated heterocycles. The van der Waals surface area contributed by atoms with Crippen LogP contribution >= 0.6 is 0 Å². The van der Waals surface area contributed by atoms with E-state index in [2.05, 4.69) is 44.2 Å². The molecule has 0 aliphatic heterocycles. The van der Waals surface area contributed by atoms with Gasteiger partial charge in [-0.05, 0) is 43.6 Å². The third-order valence-electron chi connectivity index (χ3n) is 3.38. The molecular weight excluding hydrogens is 182 g/mol. The van der Waals surface area contributed by atoms with Crippen molar-refractivity contribution in [3.05, 3.63) is 35.9 Å². The van der Waals surface area contributed by atoms with Crippen LogP contribution in [0.25, 0.3) is 0 Å². The molecular formula is C14H21N. The minimum atomic E-state index is -0.0490. The summed E-state index contributed by atoms with van der Waals surface area (Å²) in [4.78, 5) is 0. The van der Waals surface area contributed by atoms with Crippen molar-refractivity contribution in [3.63, 3.8) is 0 Å². The average molecular weight is 203 g/mol. The maximum atomic E-state index is 6.37. The Morgan fingerprint density at radius 2 is 1.87 bits per heavy atom. The van der Waals surface area contributed by atoms with Crippen molar-refractivity contribution >= 4 is 0 Å². The van der Waals surface area contributed by atoms with Crippen LogP contribution in [0.2, 0.25) is 0 Å². The van der Waals surface area contributed by atoms with Crippen LogP contribution < -0.4 is 5.73 Å². The Labute approximate surface area is 92.7 Å². The lowest BCUT2D eigenvalue weighted by Gasteiger charge is -2.28.